The van der Waals surface area contributed by atoms with Gasteiger partial charge in [-0.3, -0.25) is 0 Å². The van der Waals surface area contributed by atoms with Crippen molar-refractivity contribution in [1.29, 1.82) is 0 Å². The van der Waals surface area contributed by atoms with Crippen molar-refractivity contribution >= 4 is 11.8 Å². The standard InChI is InChI=1S/C14H15FN2O2S/c15-11-4-1-3-10(7-11)14-17-16-13(19-14)9-20-12-5-2-6-18-8-12/h1,3-4,7,12H,2,5-6,8-9H2. The number of nitrogens with zero attached hydrogens (tertiary/aromatic N) is 2. The van der Waals surface area contributed by atoms with E-state index < -0.39 is 0 Å². The highest BCUT2D eigenvalue weighted by Crippen LogP contribution is 2.25. The Labute approximate surface area is 120 Å². The topological polar surface area (TPSA) is 48.2 Å². The van der Waals surface area contributed by atoms with Gasteiger partial charge in [0.1, 0.15) is 5.82 Å². The van der Waals surface area contributed by atoms with Crippen LogP contribution in [0.15, 0.2) is 28.7 Å². The molecular formula is C14H15FN2O2S. The third-order valence-electron chi connectivity index (χ3n) is 3.10. The fourth-order valence-corrected chi connectivity index (χ4v) is 3.10. The smallest absolute Gasteiger partial charge is 0.247 e. The van der Waals surface area contributed by atoms with E-state index in [1.165, 1.54) is 12.1 Å². The van der Waals surface area contributed by atoms with E-state index in [1.807, 2.05) is 0 Å². The molecule has 0 spiro atoms. The third-order valence-corrected chi connectivity index (χ3v) is 4.36. The first-order valence-corrected chi connectivity index (χ1v) is 7.64. The molecule has 0 N–H and O–H groups in total. The molecule has 2 heterocycles. The molecule has 1 aliphatic rings. The van der Waals surface area contributed by atoms with Crippen LogP contribution in [0.5, 0.6) is 0 Å². The Morgan fingerprint density at radius 2 is 2.30 bits per heavy atom. The van der Waals surface area contributed by atoms with Gasteiger partial charge in [-0.2, -0.15) is 0 Å². The lowest BCUT2D eigenvalue weighted by Gasteiger charge is -2.20. The number of ether oxygens (including phenoxy) is 1. The summed E-state index contributed by atoms with van der Waals surface area (Å²) in [4.78, 5) is 0. The number of aromatic nitrogens is 2. The predicted octanol–water partition coefficient (Wildman–Crippen LogP) is 3.29. The van der Waals surface area contributed by atoms with Crippen LogP contribution in [0.25, 0.3) is 11.5 Å². The van der Waals surface area contributed by atoms with Gasteiger partial charge in [0.2, 0.25) is 11.8 Å². The summed E-state index contributed by atoms with van der Waals surface area (Å²) >= 11 is 1.77. The monoisotopic (exact) mass is 294 g/mol. The molecular weight excluding hydrogens is 279 g/mol. The quantitative estimate of drug-likeness (QED) is 0.866. The van der Waals surface area contributed by atoms with Crippen molar-refractivity contribution in [2.45, 2.75) is 23.8 Å². The van der Waals surface area contributed by atoms with Crippen molar-refractivity contribution in [3.63, 3.8) is 0 Å². The average molecular weight is 294 g/mol. The average Bonchev–Trinajstić information content (AvgIpc) is 2.95. The van der Waals surface area contributed by atoms with Gasteiger partial charge >= 0.3 is 0 Å². The van der Waals surface area contributed by atoms with E-state index in [0.717, 1.165) is 26.1 Å². The maximum atomic E-state index is 13.1. The summed E-state index contributed by atoms with van der Waals surface area (Å²) in [6.07, 6.45) is 2.27. The lowest BCUT2D eigenvalue weighted by atomic mass is 10.2. The summed E-state index contributed by atoms with van der Waals surface area (Å²) in [6, 6.07) is 6.16. The van der Waals surface area contributed by atoms with Crippen LogP contribution in [-0.4, -0.2) is 28.7 Å². The van der Waals surface area contributed by atoms with Gasteiger partial charge in [0.25, 0.3) is 0 Å². The van der Waals surface area contributed by atoms with E-state index in [9.17, 15) is 4.39 Å². The molecule has 1 atom stereocenters. The Balaban J connectivity index is 1.61. The van der Waals surface area contributed by atoms with Gasteiger partial charge in [-0.1, -0.05) is 6.07 Å². The van der Waals surface area contributed by atoms with Gasteiger partial charge in [0, 0.05) is 17.4 Å². The molecule has 0 radical (unpaired) electrons. The van der Waals surface area contributed by atoms with Crippen molar-refractivity contribution in [2.75, 3.05) is 13.2 Å². The van der Waals surface area contributed by atoms with Crippen LogP contribution in [0, 0.1) is 5.82 Å². The molecule has 2 aromatic rings. The Kier molecular flexibility index (Phi) is 4.32. The maximum Gasteiger partial charge on any atom is 0.247 e. The van der Waals surface area contributed by atoms with E-state index in [0.29, 0.717) is 28.3 Å². The minimum atomic E-state index is -0.309. The summed E-state index contributed by atoms with van der Waals surface area (Å²) < 4.78 is 24.1. The molecule has 0 aliphatic carbocycles. The molecule has 6 heteroatoms. The van der Waals surface area contributed by atoms with E-state index in [2.05, 4.69) is 10.2 Å². The molecule has 0 bridgehead atoms. The van der Waals surface area contributed by atoms with Gasteiger partial charge in [-0.15, -0.1) is 22.0 Å². The SMILES string of the molecule is Fc1cccc(-c2nnc(CSC3CCCOC3)o2)c1. The molecule has 106 valence electrons. The molecule has 0 saturated carbocycles. The molecule has 3 rings (SSSR count). The van der Waals surface area contributed by atoms with Gasteiger partial charge in [0.15, 0.2) is 0 Å². The molecule has 0 amide bonds. The second kappa shape index (κ2) is 6.37. The van der Waals surface area contributed by atoms with E-state index in [1.54, 1.807) is 23.9 Å². The van der Waals surface area contributed by atoms with Crippen LogP contribution < -0.4 is 0 Å². The molecule has 20 heavy (non-hydrogen) atoms. The maximum absolute atomic E-state index is 13.1. The van der Waals surface area contributed by atoms with Crippen molar-refractivity contribution in [3.8, 4) is 11.5 Å². The van der Waals surface area contributed by atoms with Crippen LogP contribution in [0.3, 0.4) is 0 Å². The van der Waals surface area contributed by atoms with Gasteiger partial charge in [-0.25, -0.2) is 4.39 Å². The molecule has 4 nitrogen and oxygen atoms in total. The highest BCUT2D eigenvalue weighted by Gasteiger charge is 2.16. The highest BCUT2D eigenvalue weighted by atomic mass is 32.2. The summed E-state index contributed by atoms with van der Waals surface area (Å²) in [6.45, 7) is 1.65. The van der Waals surface area contributed by atoms with Gasteiger partial charge < -0.3 is 9.15 Å². The fraction of sp³-hybridized carbons (Fsp3) is 0.429. The van der Waals surface area contributed by atoms with E-state index >= 15 is 0 Å². The van der Waals surface area contributed by atoms with Gasteiger partial charge in [-0.05, 0) is 31.0 Å². The number of hydrogen-bond acceptors (Lipinski definition) is 5. The van der Waals surface area contributed by atoms with Crippen LogP contribution in [0.4, 0.5) is 4.39 Å². The van der Waals surface area contributed by atoms with Crippen molar-refractivity contribution < 1.29 is 13.5 Å². The van der Waals surface area contributed by atoms with Crippen LogP contribution in [0.1, 0.15) is 18.7 Å². The molecule has 1 aromatic heterocycles. The first kappa shape index (κ1) is 13.6. The summed E-state index contributed by atoms with van der Waals surface area (Å²) in [5.41, 5.74) is 0.606. The van der Waals surface area contributed by atoms with E-state index in [4.69, 9.17) is 9.15 Å². The zero-order valence-electron chi connectivity index (χ0n) is 10.9. The fourth-order valence-electron chi connectivity index (χ4n) is 2.08. The predicted molar refractivity (Wildman–Crippen MR) is 74.8 cm³/mol. The van der Waals surface area contributed by atoms with Crippen molar-refractivity contribution in [1.82, 2.24) is 10.2 Å². The number of benzene rings is 1. The minimum absolute atomic E-state index is 0.309. The second-order valence-electron chi connectivity index (χ2n) is 4.66. The minimum Gasteiger partial charge on any atom is -0.420 e. The van der Waals surface area contributed by atoms with Crippen molar-refractivity contribution in [2.24, 2.45) is 0 Å². The molecule has 1 fully saturated rings. The van der Waals surface area contributed by atoms with Crippen LogP contribution in [-0.2, 0) is 10.5 Å². The largest absolute Gasteiger partial charge is 0.420 e. The zero-order chi connectivity index (χ0) is 13.8. The third kappa shape index (κ3) is 3.37. The number of halogens is 1. The Morgan fingerprint density at radius 3 is 3.10 bits per heavy atom. The Morgan fingerprint density at radius 1 is 1.35 bits per heavy atom. The lowest BCUT2D eigenvalue weighted by molar-refractivity contribution is 0.101. The zero-order valence-corrected chi connectivity index (χ0v) is 11.7. The number of hydrogen-bond donors (Lipinski definition) is 0. The highest BCUT2D eigenvalue weighted by molar-refractivity contribution is 7.99. The molecule has 1 saturated heterocycles. The van der Waals surface area contributed by atoms with Gasteiger partial charge in [0.05, 0.1) is 12.4 Å². The summed E-state index contributed by atoms with van der Waals surface area (Å²) in [5.74, 6) is 1.28. The molecule has 1 aromatic carbocycles. The molecule has 1 unspecified atom stereocenters. The van der Waals surface area contributed by atoms with Crippen LogP contribution >= 0.6 is 11.8 Å². The Bertz CT molecular complexity index is 570. The normalized spacial score (nSPS) is 19.1. The first-order chi connectivity index (χ1) is 9.81. The summed E-state index contributed by atoms with van der Waals surface area (Å²) in [7, 11) is 0. The Hall–Kier alpha value is -1.40. The second-order valence-corrected chi connectivity index (χ2v) is 5.95. The number of thioether (sulfide) groups is 1. The molecule has 1 aliphatic heterocycles. The van der Waals surface area contributed by atoms with Crippen LogP contribution in [0.2, 0.25) is 0 Å². The first-order valence-electron chi connectivity index (χ1n) is 6.59. The number of rotatable bonds is 4. The lowest BCUT2D eigenvalue weighted by Crippen LogP contribution is -2.19. The summed E-state index contributed by atoms with van der Waals surface area (Å²) in [5, 5.41) is 8.46. The van der Waals surface area contributed by atoms with Crippen molar-refractivity contribution in [3.05, 3.63) is 36.0 Å². The van der Waals surface area contributed by atoms with E-state index in [-0.39, 0.29) is 5.82 Å².